The fraction of sp³-hybridized carbons (Fsp3) is 0.429. The molecule has 2 atom stereocenters. The molecule has 0 aliphatic carbocycles. The predicted octanol–water partition coefficient (Wildman–Crippen LogP) is 3.41. The highest BCUT2D eigenvalue weighted by atomic mass is 16.4. The summed E-state index contributed by atoms with van der Waals surface area (Å²) >= 11 is 0. The highest BCUT2D eigenvalue weighted by molar-refractivity contribution is 5.85. The summed E-state index contributed by atoms with van der Waals surface area (Å²) in [7, 11) is 0. The molecule has 2 aromatic carbocycles. The molecular weight excluding hydrogens is 458 g/mol. The summed E-state index contributed by atoms with van der Waals surface area (Å²) in [6, 6.07) is 14.4. The Kier molecular flexibility index (Phi) is 10.8. The van der Waals surface area contributed by atoms with Crippen molar-refractivity contribution >= 4 is 24.7 Å². The molecule has 0 saturated carbocycles. The molecule has 0 saturated heterocycles. The number of aliphatic carboxylic acids is 1. The lowest BCUT2D eigenvalue weighted by Gasteiger charge is -2.35. The monoisotopic (exact) mass is 497 g/mol. The minimum Gasteiger partial charge on any atom is -0.480 e. The van der Waals surface area contributed by atoms with Crippen LogP contribution in [0.1, 0.15) is 57.9 Å². The lowest BCUT2D eigenvalue weighted by molar-refractivity contribution is -0.147. The highest BCUT2D eigenvalue weighted by Gasteiger charge is 2.32. The number of hydrogen-bond acceptors (Lipinski definition) is 4. The zero-order chi connectivity index (χ0) is 24.9. The number of fused-ring (bicyclic) bond motifs is 2. The zero-order valence-electron chi connectivity index (χ0n) is 19.7. The van der Waals surface area contributed by atoms with E-state index in [0.29, 0.717) is 32.3 Å². The first-order valence-corrected chi connectivity index (χ1v) is 11.2. The number of carboxylic acids is 1. The Labute approximate surface area is 214 Å². The number of carboxylic acid groups (broad SMARTS) is 1. The van der Waals surface area contributed by atoms with Gasteiger partial charge in [0.25, 0.3) is 0 Å². The quantitative estimate of drug-likeness (QED) is 0.630. The van der Waals surface area contributed by atoms with Crippen LogP contribution in [0.2, 0.25) is 0 Å². The van der Waals surface area contributed by atoms with Gasteiger partial charge >= 0.3 is 5.97 Å². The average molecular weight is 498 g/mol. The average Bonchev–Trinajstić information content (AvgIpc) is 2.81. The van der Waals surface area contributed by atoms with Crippen LogP contribution in [0.25, 0.3) is 0 Å². The van der Waals surface area contributed by atoms with E-state index in [2.05, 4.69) is 5.32 Å². The summed E-state index contributed by atoms with van der Waals surface area (Å²) in [6.07, 6.45) is 2.35. The van der Waals surface area contributed by atoms with Crippen molar-refractivity contribution < 1.29 is 24.3 Å². The molecule has 0 aromatic heterocycles. The van der Waals surface area contributed by atoms with E-state index in [1.807, 2.05) is 69.3 Å². The van der Waals surface area contributed by atoms with Gasteiger partial charge in [0.2, 0.25) is 18.7 Å². The maximum Gasteiger partial charge on any atom is 0.326 e. The van der Waals surface area contributed by atoms with Crippen LogP contribution >= 0.6 is 0 Å². The van der Waals surface area contributed by atoms with Crippen LogP contribution in [0, 0.1) is 0 Å². The number of carbonyl (C=O) groups is 4. The summed E-state index contributed by atoms with van der Waals surface area (Å²) in [5.74, 6) is -1.04. The third-order valence-electron chi connectivity index (χ3n) is 5.93. The number of rotatable bonds is 4. The van der Waals surface area contributed by atoms with Crippen LogP contribution < -0.4 is 5.32 Å². The van der Waals surface area contributed by atoms with E-state index in [1.54, 1.807) is 4.90 Å². The lowest BCUT2D eigenvalue weighted by atomic mass is 9.93. The first kappa shape index (κ1) is 30.4. The van der Waals surface area contributed by atoms with Crippen molar-refractivity contribution in [2.24, 2.45) is 0 Å². The summed E-state index contributed by atoms with van der Waals surface area (Å²) in [5.41, 5.74) is 4.02. The van der Waals surface area contributed by atoms with E-state index in [4.69, 9.17) is 5.11 Å². The fourth-order valence-corrected chi connectivity index (χ4v) is 4.23. The van der Waals surface area contributed by atoms with Gasteiger partial charge in [-0.3, -0.25) is 14.4 Å². The summed E-state index contributed by atoms with van der Waals surface area (Å²) in [4.78, 5) is 48.1. The van der Waals surface area contributed by atoms with Crippen LogP contribution in [-0.2, 0) is 45.1 Å². The van der Waals surface area contributed by atoms with E-state index in [9.17, 15) is 19.2 Å². The number of benzene rings is 2. The summed E-state index contributed by atoms with van der Waals surface area (Å²) < 4.78 is 0. The Balaban J connectivity index is 0.000000349. The Morgan fingerprint density at radius 3 is 1.58 bits per heavy atom. The van der Waals surface area contributed by atoms with Crippen molar-refractivity contribution in [2.45, 2.75) is 79.2 Å². The third-order valence-corrected chi connectivity index (χ3v) is 5.93. The van der Waals surface area contributed by atoms with Crippen LogP contribution in [0.4, 0.5) is 0 Å². The molecule has 0 radical (unpaired) electrons. The van der Waals surface area contributed by atoms with Crippen molar-refractivity contribution in [1.82, 2.24) is 15.1 Å². The van der Waals surface area contributed by atoms with Crippen molar-refractivity contribution in [2.75, 3.05) is 0 Å². The molecular formula is C28H39N3O5. The first-order chi connectivity index (χ1) is 16.1. The second-order valence-corrected chi connectivity index (χ2v) is 9.61. The summed E-state index contributed by atoms with van der Waals surface area (Å²) in [5, 5.41) is 11.9. The van der Waals surface area contributed by atoms with E-state index < -0.39 is 18.1 Å². The largest absolute Gasteiger partial charge is 0.480 e. The van der Waals surface area contributed by atoms with Crippen molar-refractivity contribution in [3.05, 3.63) is 70.8 Å². The molecule has 4 rings (SSSR count). The molecule has 0 fully saturated rings. The van der Waals surface area contributed by atoms with Crippen LogP contribution in [0.3, 0.4) is 0 Å². The van der Waals surface area contributed by atoms with E-state index in [0.717, 1.165) is 28.7 Å². The van der Waals surface area contributed by atoms with Gasteiger partial charge < -0.3 is 20.2 Å². The smallest absolute Gasteiger partial charge is 0.326 e. The number of hydrogen-bond donors (Lipinski definition) is 2. The molecule has 2 aliphatic rings. The Morgan fingerprint density at radius 2 is 1.19 bits per heavy atom. The van der Waals surface area contributed by atoms with Crippen molar-refractivity contribution in [1.29, 1.82) is 0 Å². The topological polar surface area (TPSA) is 107 Å². The molecule has 0 bridgehead atoms. The molecule has 2 aromatic rings. The van der Waals surface area contributed by atoms with Gasteiger partial charge in [0.15, 0.2) is 0 Å². The highest BCUT2D eigenvalue weighted by Crippen LogP contribution is 2.23. The standard InChI is InChI=1S/C15H20N2O2.C11H11NO3.2CH4/c1-15(2,3)16-14(19)13-8-11-6-4-5-7-12(11)9-17(13)10-18;13-7-12-6-9-4-2-1-3-8(9)5-10(12)11(14)15;;/h4-7,10,13H,8-9H2,1-3H3,(H,16,19);1-4,7,10H,5-6H2,(H,14,15);2*1H4. The number of nitrogens with zero attached hydrogens (tertiary/aromatic N) is 2. The maximum absolute atomic E-state index is 12.3. The Morgan fingerprint density at radius 1 is 0.806 bits per heavy atom. The van der Waals surface area contributed by atoms with Crippen molar-refractivity contribution in [3.8, 4) is 0 Å². The molecule has 196 valence electrons. The molecule has 8 nitrogen and oxygen atoms in total. The Bertz CT molecular complexity index is 1060. The van der Waals surface area contributed by atoms with Gasteiger partial charge in [-0.15, -0.1) is 0 Å². The lowest BCUT2D eigenvalue weighted by Crippen LogP contribution is -2.54. The minimum absolute atomic E-state index is 0. The number of carbonyl (C=O) groups excluding carboxylic acids is 3. The Hall–Kier alpha value is -3.68. The van der Waals surface area contributed by atoms with Gasteiger partial charge in [-0.1, -0.05) is 63.4 Å². The van der Waals surface area contributed by atoms with Gasteiger partial charge in [0.1, 0.15) is 12.1 Å². The number of nitrogens with one attached hydrogen (secondary N) is 1. The van der Waals surface area contributed by atoms with Gasteiger partial charge in [-0.05, 0) is 43.0 Å². The SMILES string of the molecule is C.C.CC(C)(C)NC(=O)C1Cc2ccccc2CN1C=O.O=CN1Cc2ccccc2CC1C(=O)O. The van der Waals surface area contributed by atoms with E-state index in [-0.39, 0.29) is 26.3 Å². The van der Waals surface area contributed by atoms with Crippen molar-refractivity contribution in [3.63, 3.8) is 0 Å². The summed E-state index contributed by atoms with van der Waals surface area (Å²) in [6.45, 7) is 6.70. The third kappa shape index (κ3) is 7.41. The van der Waals surface area contributed by atoms with Gasteiger partial charge in [-0.25, -0.2) is 4.79 Å². The molecule has 2 N–H and O–H groups in total. The predicted molar refractivity (Wildman–Crippen MR) is 140 cm³/mol. The van der Waals surface area contributed by atoms with Crippen LogP contribution in [0.5, 0.6) is 0 Å². The fourth-order valence-electron chi connectivity index (χ4n) is 4.23. The van der Waals surface area contributed by atoms with E-state index in [1.165, 1.54) is 4.90 Å². The van der Waals surface area contributed by atoms with Gasteiger partial charge in [-0.2, -0.15) is 0 Å². The molecule has 0 spiro atoms. The van der Waals surface area contributed by atoms with Crippen LogP contribution in [0.15, 0.2) is 48.5 Å². The van der Waals surface area contributed by atoms with Gasteiger partial charge in [0, 0.05) is 31.5 Å². The van der Waals surface area contributed by atoms with Crippen LogP contribution in [-0.4, -0.2) is 57.2 Å². The molecule has 36 heavy (non-hydrogen) atoms. The molecule has 2 heterocycles. The van der Waals surface area contributed by atoms with E-state index >= 15 is 0 Å². The normalized spacial score (nSPS) is 18.0. The second-order valence-electron chi connectivity index (χ2n) is 9.61. The molecule has 8 heteroatoms. The molecule has 2 unspecified atom stereocenters. The first-order valence-electron chi connectivity index (χ1n) is 11.2. The minimum atomic E-state index is -0.948. The molecule has 3 amide bonds. The molecule has 2 aliphatic heterocycles. The van der Waals surface area contributed by atoms with Gasteiger partial charge in [0.05, 0.1) is 0 Å². The number of amides is 3. The zero-order valence-corrected chi connectivity index (χ0v) is 19.7. The maximum atomic E-state index is 12.3. The second kappa shape index (κ2) is 12.9.